The van der Waals surface area contributed by atoms with Gasteiger partial charge in [-0.1, -0.05) is 67.6 Å². The summed E-state index contributed by atoms with van der Waals surface area (Å²) in [6.07, 6.45) is 9.61. The fourth-order valence-electron chi connectivity index (χ4n) is 4.29. The molecular formula is C28H33N5O3. The number of aromatic nitrogens is 3. The first-order chi connectivity index (χ1) is 17.4. The Morgan fingerprint density at radius 2 is 1.92 bits per heavy atom. The number of phenols is 2. The lowest BCUT2D eigenvalue weighted by Crippen LogP contribution is -2.24. The van der Waals surface area contributed by atoms with E-state index in [1.54, 1.807) is 6.07 Å². The van der Waals surface area contributed by atoms with E-state index in [1.165, 1.54) is 10.7 Å². The Kier molecular flexibility index (Phi) is 7.85. The summed E-state index contributed by atoms with van der Waals surface area (Å²) in [5.41, 5.74) is 3.49. The van der Waals surface area contributed by atoms with Crippen LogP contribution in [0.3, 0.4) is 0 Å². The van der Waals surface area contributed by atoms with E-state index in [0.717, 1.165) is 30.6 Å². The topological polar surface area (TPSA) is 112 Å². The van der Waals surface area contributed by atoms with Crippen LogP contribution in [0.1, 0.15) is 54.7 Å². The zero-order chi connectivity index (χ0) is 25.7. The molecule has 0 unspecified atom stereocenters. The van der Waals surface area contributed by atoms with Gasteiger partial charge in [0.2, 0.25) is 0 Å². The van der Waals surface area contributed by atoms with Crippen molar-refractivity contribution in [3.63, 3.8) is 0 Å². The van der Waals surface area contributed by atoms with Gasteiger partial charge in [0.05, 0.1) is 0 Å². The van der Waals surface area contributed by atoms with Crippen molar-refractivity contribution in [1.82, 2.24) is 25.6 Å². The molecule has 1 amide bonds. The minimum Gasteiger partial charge on any atom is -0.508 e. The highest BCUT2D eigenvalue weighted by molar-refractivity contribution is 5.98. The third kappa shape index (κ3) is 5.49. The van der Waals surface area contributed by atoms with Gasteiger partial charge in [-0.05, 0) is 42.4 Å². The van der Waals surface area contributed by atoms with E-state index in [4.69, 9.17) is 0 Å². The fraction of sp³-hybridized carbons (Fsp3) is 0.321. The van der Waals surface area contributed by atoms with E-state index in [9.17, 15) is 15.0 Å². The first-order valence-electron chi connectivity index (χ1n) is 12.3. The molecule has 1 heterocycles. The maximum absolute atomic E-state index is 12.8. The molecule has 8 heteroatoms. The zero-order valence-electron chi connectivity index (χ0n) is 20.9. The third-order valence-electron chi connectivity index (χ3n) is 6.23. The van der Waals surface area contributed by atoms with E-state index in [0.29, 0.717) is 29.4 Å². The number of aromatic hydroxyl groups is 2. The largest absolute Gasteiger partial charge is 0.508 e. The van der Waals surface area contributed by atoms with Gasteiger partial charge in [-0.15, -0.1) is 5.10 Å². The molecule has 0 saturated heterocycles. The monoisotopic (exact) mass is 487 g/mol. The summed E-state index contributed by atoms with van der Waals surface area (Å²) < 4.78 is 1.46. The number of allylic oxidation sites excluding steroid dienone is 3. The van der Waals surface area contributed by atoms with Crippen LogP contribution in [-0.4, -0.2) is 44.2 Å². The standard InChI is InChI=1S/C28H33N5O3/c1-4-30-28(36)26-27(33(32-31-26)23-14-22(18(2)3)24(34)15-25(23)35)21-12-10-20(11-13-21)17-29-16-19-8-6-5-7-9-19/h5-8,10-15,18-19,29,34-35H,4,9,16-17H2,1-3H3,(H,30,36)/t19-/m0/s1. The maximum Gasteiger partial charge on any atom is 0.274 e. The molecule has 36 heavy (non-hydrogen) atoms. The SMILES string of the molecule is CCNC(=O)c1nnn(-c2cc(C(C)C)c(O)cc2O)c1-c1ccc(CNC[C@H]2C=CC=CC2)cc1. The van der Waals surface area contributed by atoms with E-state index < -0.39 is 0 Å². The first-order valence-corrected chi connectivity index (χ1v) is 12.3. The highest BCUT2D eigenvalue weighted by Gasteiger charge is 2.24. The lowest BCUT2D eigenvalue weighted by molar-refractivity contribution is 0.0951. The van der Waals surface area contributed by atoms with Crippen molar-refractivity contribution in [2.75, 3.05) is 13.1 Å². The van der Waals surface area contributed by atoms with Crippen LogP contribution >= 0.6 is 0 Å². The minimum absolute atomic E-state index is 0.00783. The molecule has 188 valence electrons. The quantitative estimate of drug-likeness (QED) is 0.355. The summed E-state index contributed by atoms with van der Waals surface area (Å²) in [7, 11) is 0. The molecule has 0 fully saturated rings. The van der Waals surface area contributed by atoms with Crippen LogP contribution in [0.25, 0.3) is 16.9 Å². The second kappa shape index (κ2) is 11.2. The molecule has 8 nitrogen and oxygen atoms in total. The van der Waals surface area contributed by atoms with Gasteiger partial charge in [0, 0.05) is 31.3 Å². The number of nitrogens with zero attached hydrogens (tertiary/aromatic N) is 3. The van der Waals surface area contributed by atoms with Crippen LogP contribution in [0.5, 0.6) is 11.5 Å². The van der Waals surface area contributed by atoms with Crippen LogP contribution in [-0.2, 0) is 6.54 Å². The summed E-state index contributed by atoms with van der Waals surface area (Å²) in [6.45, 7) is 7.82. The number of benzene rings is 2. The van der Waals surface area contributed by atoms with E-state index in [1.807, 2.05) is 45.0 Å². The number of rotatable bonds is 9. The summed E-state index contributed by atoms with van der Waals surface area (Å²) in [5.74, 6) is 0.0296. The normalized spacial score (nSPS) is 14.9. The molecule has 1 aliphatic carbocycles. The van der Waals surface area contributed by atoms with Crippen molar-refractivity contribution in [2.45, 2.75) is 39.7 Å². The van der Waals surface area contributed by atoms with Crippen molar-refractivity contribution in [3.05, 3.63) is 77.5 Å². The third-order valence-corrected chi connectivity index (χ3v) is 6.23. The Balaban J connectivity index is 1.65. The highest BCUT2D eigenvalue weighted by Crippen LogP contribution is 2.36. The van der Waals surface area contributed by atoms with Gasteiger partial charge in [-0.3, -0.25) is 4.79 Å². The van der Waals surface area contributed by atoms with Crippen LogP contribution in [0.2, 0.25) is 0 Å². The number of carbonyl (C=O) groups is 1. The lowest BCUT2D eigenvalue weighted by atomic mass is 10.0. The van der Waals surface area contributed by atoms with Crippen molar-refractivity contribution < 1.29 is 15.0 Å². The molecule has 1 atom stereocenters. The molecule has 4 N–H and O–H groups in total. The van der Waals surface area contributed by atoms with Crippen molar-refractivity contribution in [1.29, 1.82) is 0 Å². The van der Waals surface area contributed by atoms with Gasteiger partial charge >= 0.3 is 0 Å². The molecule has 0 aliphatic heterocycles. The molecule has 3 aromatic rings. The lowest BCUT2D eigenvalue weighted by Gasteiger charge is -2.15. The van der Waals surface area contributed by atoms with Gasteiger partial charge in [0.15, 0.2) is 5.69 Å². The summed E-state index contributed by atoms with van der Waals surface area (Å²) in [6, 6.07) is 10.9. The predicted octanol–water partition coefficient (Wildman–Crippen LogP) is 4.44. The molecule has 2 aromatic carbocycles. The van der Waals surface area contributed by atoms with Crippen molar-refractivity contribution >= 4 is 5.91 Å². The number of carbonyl (C=O) groups excluding carboxylic acids is 1. The van der Waals surface area contributed by atoms with Gasteiger partial charge < -0.3 is 20.8 Å². The highest BCUT2D eigenvalue weighted by atomic mass is 16.3. The molecule has 4 rings (SSSR count). The second-order valence-electron chi connectivity index (χ2n) is 9.25. The number of hydrogen-bond acceptors (Lipinski definition) is 6. The number of amides is 1. The minimum atomic E-state index is -0.346. The Labute approximate surface area is 211 Å². The van der Waals surface area contributed by atoms with Crippen LogP contribution in [0.15, 0.2) is 60.7 Å². The predicted molar refractivity (Wildman–Crippen MR) is 140 cm³/mol. The summed E-state index contributed by atoms with van der Waals surface area (Å²) in [4.78, 5) is 12.8. The average molecular weight is 488 g/mol. The smallest absolute Gasteiger partial charge is 0.274 e. The molecule has 0 saturated carbocycles. The number of hydrogen-bond donors (Lipinski definition) is 4. The Bertz CT molecular complexity index is 1280. The van der Waals surface area contributed by atoms with Gasteiger partial charge in [0.25, 0.3) is 5.91 Å². The van der Waals surface area contributed by atoms with E-state index in [-0.39, 0.29) is 29.0 Å². The van der Waals surface area contributed by atoms with Gasteiger partial charge in [-0.2, -0.15) is 0 Å². The van der Waals surface area contributed by atoms with Crippen LogP contribution < -0.4 is 10.6 Å². The Morgan fingerprint density at radius 3 is 2.58 bits per heavy atom. The average Bonchev–Trinajstić information content (AvgIpc) is 3.30. The maximum atomic E-state index is 12.8. The van der Waals surface area contributed by atoms with Gasteiger partial charge in [-0.25, -0.2) is 4.68 Å². The fourth-order valence-corrected chi connectivity index (χ4v) is 4.29. The van der Waals surface area contributed by atoms with Crippen molar-refractivity contribution in [2.24, 2.45) is 5.92 Å². The molecule has 1 aliphatic rings. The summed E-state index contributed by atoms with van der Waals surface area (Å²) >= 11 is 0. The zero-order valence-corrected chi connectivity index (χ0v) is 20.9. The van der Waals surface area contributed by atoms with E-state index in [2.05, 4.69) is 45.2 Å². The number of phenolic OH excluding ortho intramolecular Hbond substituents is 2. The van der Waals surface area contributed by atoms with Crippen LogP contribution in [0, 0.1) is 5.92 Å². The first kappa shape index (κ1) is 25.2. The molecule has 0 bridgehead atoms. The molecule has 1 aromatic heterocycles. The Hall–Kier alpha value is -3.91. The molecular weight excluding hydrogens is 454 g/mol. The number of nitrogens with one attached hydrogen (secondary N) is 2. The van der Waals surface area contributed by atoms with Crippen molar-refractivity contribution in [3.8, 4) is 28.4 Å². The van der Waals surface area contributed by atoms with Gasteiger partial charge in [0.1, 0.15) is 22.9 Å². The van der Waals surface area contributed by atoms with Crippen LogP contribution in [0.4, 0.5) is 0 Å². The molecule has 0 radical (unpaired) electrons. The Morgan fingerprint density at radius 1 is 1.14 bits per heavy atom. The van der Waals surface area contributed by atoms with E-state index >= 15 is 0 Å². The molecule has 0 spiro atoms. The summed E-state index contributed by atoms with van der Waals surface area (Å²) in [5, 5.41) is 35.6. The second-order valence-corrected chi connectivity index (χ2v) is 9.25.